The zero-order chi connectivity index (χ0) is 23.4. The number of sulfonamides is 1. The average Bonchev–Trinajstić information content (AvgIpc) is 3.24. The SMILES string of the molecule is CS(=O)(=O)N(Cc1ccccc1)c1ccc(C(=O)Nc2ccc(N3CCCC3=O)cc2)cc1. The summed E-state index contributed by atoms with van der Waals surface area (Å²) in [6.45, 7) is 0.919. The molecule has 0 spiro atoms. The highest BCUT2D eigenvalue weighted by molar-refractivity contribution is 7.92. The molecular formula is C25H25N3O4S. The molecule has 33 heavy (non-hydrogen) atoms. The molecule has 0 radical (unpaired) electrons. The van der Waals surface area contributed by atoms with E-state index in [1.54, 1.807) is 41.3 Å². The molecule has 1 N–H and O–H groups in total. The molecule has 0 atom stereocenters. The molecule has 4 rings (SSSR count). The number of nitrogens with zero attached hydrogens (tertiary/aromatic N) is 2. The Kier molecular flexibility index (Phi) is 6.46. The maximum Gasteiger partial charge on any atom is 0.255 e. The Morgan fingerprint density at radius 2 is 1.64 bits per heavy atom. The maximum absolute atomic E-state index is 12.7. The standard InChI is InChI=1S/C25H25N3O4S/c1-33(31,32)28(18-19-6-3-2-4-7-19)23-13-9-20(10-14-23)25(30)26-21-11-15-22(16-12-21)27-17-5-8-24(27)29/h2-4,6-7,9-16H,5,8,17-18H2,1H3,(H,26,30). The molecule has 1 saturated heterocycles. The molecule has 0 aromatic heterocycles. The minimum absolute atomic E-state index is 0.113. The van der Waals surface area contributed by atoms with Gasteiger partial charge in [0.1, 0.15) is 0 Å². The summed E-state index contributed by atoms with van der Waals surface area (Å²) in [7, 11) is -3.51. The molecule has 3 aromatic carbocycles. The van der Waals surface area contributed by atoms with Crippen molar-refractivity contribution in [1.82, 2.24) is 0 Å². The van der Waals surface area contributed by atoms with Gasteiger partial charge in [-0.3, -0.25) is 13.9 Å². The van der Waals surface area contributed by atoms with E-state index in [1.807, 2.05) is 42.5 Å². The quantitative estimate of drug-likeness (QED) is 0.573. The lowest BCUT2D eigenvalue weighted by Gasteiger charge is -2.22. The van der Waals surface area contributed by atoms with Gasteiger partial charge in [0.2, 0.25) is 15.9 Å². The molecule has 1 heterocycles. The molecule has 7 nitrogen and oxygen atoms in total. The van der Waals surface area contributed by atoms with Gasteiger partial charge in [-0.15, -0.1) is 0 Å². The zero-order valence-corrected chi connectivity index (χ0v) is 19.1. The second-order valence-corrected chi connectivity index (χ2v) is 9.86. The summed E-state index contributed by atoms with van der Waals surface area (Å²) in [6, 6.07) is 22.9. The molecule has 170 valence electrons. The number of hydrogen-bond acceptors (Lipinski definition) is 4. The van der Waals surface area contributed by atoms with Gasteiger partial charge in [0.05, 0.1) is 18.5 Å². The lowest BCUT2D eigenvalue weighted by atomic mass is 10.1. The van der Waals surface area contributed by atoms with Gasteiger partial charge in [0.25, 0.3) is 5.91 Å². The largest absolute Gasteiger partial charge is 0.322 e. The van der Waals surface area contributed by atoms with Gasteiger partial charge in [-0.1, -0.05) is 30.3 Å². The average molecular weight is 464 g/mol. The van der Waals surface area contributed by atoms with E-state index in [4.69, 9.17) is 0 Å². The van der Waals surface area contributed by atoms with E-state index in [1.165, 1.54) is 4.31 Å². The van der Waals surface area contributed by atoms with Crippen molar-refractivity contribution in [3.8, 4) is 0 Å². The van der Waals surface area contributed by atoms with Crippen molar-refractivity contribution in [3.05, 3.63) is 90.0 Å². The van der Waals surface area contributed by atoms with Crippen LogP contribution in [-0.2, 0) is 21.4 Å². The van der Waals surface area contributed by atoms with E-state index >= 15 is 0 Å². The predicted molar refractivity (Wildman–Crippen MR) is 130 cm³/mol. The number of rotatable bonds is 7. The van der Waals surface area contributed by atoms with Gasteiger partial charge in [-0.05, 0) is 60.5 Å². The van der Waals surface area contributed by atoms with E-state index in [-0.39, 0.29) is 18.4 Å². The molecule has 1 fully saturated rings. The van der Waals surface area contributed by atoms with Gasteiger partial charge >= 0.3 is 0 Å². The van der Waals surface area contributed by atoms with Gasteiger partial charge in [0, 0.05) is 29.9 Å². The first-order valence-corrected chi connectivity index (χ1v) is 12.5. The lowest BCUT2D eigenvalue weighted by molar-refractivity contribution is -0.117. The van der Waals surface area contributed by atoms with E-state index < -0.39 is 10.0 Å². The highest BCUT2D eigenvalue weighted by Crippen LogP contribution is 2.24. The van der Waals surface area contributed by atoms with Crippen molar-refractivity contribution in [3.63, 3.8) is 0 Å². The van der Waals surface area contributed by atoms with Crippen molar-refractivity contribution in [2.45, 2.75) is 19.4 Å². The van der Waals surface area contributed by atoms with E-state index in [0.717, 1.165) is 23.9 Å². The minimum Gasteiger partial charge on any atom is -0.322 e. The summed E-state index contributed by atoms with van der Waals surface area (Å²) >= 11 is 0. The first-order valence-electron chi connectivity index (χ1n) is 10.6. The Bertz CT molecular complexity index is 1240. The van der Waals surface area contributed by atoms with Crippen LogP contribution in [0.4, 0.5) is 17.1 Å². The number of carbonyl (C=O) groups excluding carboxylic acids is 2. The van der Waals surface area contributed by atoms with Gasteiger partial charge in [0.15, 0.2) is 0 Å². The van der Waals surface area contributed by atoms with E-state index in [9.17, 15) is 18.0 Å². The lowest BCUT2D eigenvalue weighted by Crippen LogP contribution is -2.29. The van der Waals surface area contributed by atoms with Crippen molar-refractivity contribution in [2.24, 2.45) is 0 Å². The van der Waals surface area contributed by atoms with Crippen LogP contribution in [0.25, 0.3) is 0 Å². The van der Waals surface area contributed by atoms with Gasteiger partial charge in [-0.2, -0.15) is 0 Å². The molecule has 0 bridgehead atoms. The Labute approximate surface area is 193 Å². The molecule has 3 aromatic rings. The summed E-state index contributed by atoms with van der Waals surface area (Å²) in [4.78, 5) is 26.3. The first-order chi connectivity index (χ1) is 15.8. The van der Waals surface area contributed by atoms with Crippen LogP contribution in [0.3, 0.4) is 0 Å². The molecule has 0 saturated carbocycles. The maximum atomic E-state index is 12.7. The van der Waals surface area contributed by atoms with Crippen LogP contribution >= 0.6 is 0 Å². The van der Waals surface area contributed by atoms with Crippen LogP contribution in [-0.4, -0.2) is 33.0 Å². The Morgan fingerprint density at radius 1 is 0.970 bits per heavy atom. The molecule has 1 aliphatic heterocycles. The summed E-state index contributed by atoms with van der Waals surface area (Å²) in [5.74, 6) is -0.192. The summed E-state index contributed by atoms with van der Waals surface area (Å²) in [5.41, 5.74) is 3.19. The second kappa shape index (κ2) is 9.46. The first kappa shape index (κ1) is 22.5. The molecule has 0 aliphatic carbocycles. The number of hydrogen-bond donors (Lipinski definition) is 1. The number of carbonyl (C=O) groups is 2. The van der Waals surface area contributed by atoms with Crippen molar-refractivity contribution in [2.75, 3.05) is 27.3 Å². The molecule has 8 heteroatoms. The fraction of sp³-hybridized carbons (Fsp3) is 0.200. The molecule has 1 aliphatic rings. The van der Waals surface area contributed by atoms with Crippen LogP contribution in [0.15, 0.2) is 78.9 Å². The summed E-state index contributed by atoms with van der Waals surface area (Å²) in [5, 5.41) is 2.83. The third-order valence-corrected chi connectivity index (χ3v) is 6.64. The highest BCUT2D eigenvalue weighted by atomic mass is 32.2. The predicted octanol–water partition coefficient (Wildman–Crippen LogP) is 4.03. The van der Waals surface area contributed by atoms with E-state index in [2.05, 4.69) is 5.32 Å². The normalized spacial score (nSPS) is 13.7. The van der Waals surface area contributed by atoms with Crippen LogP contribution in [0, 0.1) is 0 Å². The van der Waals surface area contributed by atoms with Crippen LogP contribution in [0.1, 0.15) is 28.8 Å². The van der Waals surface area contributed by atoms with Crippen molar-refractivity contribution < 1.29 is 18.0 Å². The van der Waals surface area contributed by atoms with Crippen molar-refractivity contribution >= 4 is 38.9 Å². The van der Waals surface area contributed by atoms with Gasteiger partial charge < -0.3 is 10.2 Å². The van der Waals surface area contributed by atoms with Crippen LogP contribution < -0.4 is 14.5 Å². The van der Waals surface area contributed by atoms with Gasteiger partial charge in [-0.25, -0.2) is 8.42 Å². The Morgan fingerprint density at radius 3 is 2.21 bits per heavy atom. The Balaban J connectivity index is 1.45. The van der Waals surface area contributed by atoms with Crippen LogP contribution in [0.5, 0.6) is 0 Å². The number of benzene rings is 3. The summed E-state index contributed by atoms with van der Waals surface area (Å²) < 4.78 is 26.0. The smallest absolute Gasteiger partial charge is 0.255 e. The van der Waals surface area contributed by atoms with E-state index in [0.29, 0.717) is 29.9 Å². The second-order valence-electron chi connectivity index (χ2n) is 7.95. The number of anilines is 3. The Hall–Kier alpha value is -3.65. The third-order valence-electron chi connectivity index (χ3n) is 5.50. The fourth-order valence-corrected chi connectivity index (χ4v) is 4.67. The molecular weight excluding hydrogens is 438 g/mol. The summed E-state index contributed by atoms with van der Waals surface area (Å²) in [6.07, 6.45) is 2.59. The monoisotopic (exact) mass is 463 g/mol. The molecule has 0 unspecified atom stereocenters. The van der Waals surface area contributed by atoms with Crippen LogP contribution in [0.2, 0.25) is 0 Å². The number of nitrogens with one attached hydrogen (secondary N) is 1. The minimum atomic E-state index is -3.51. The zero-order valence-electron chi connectivity index (χ0n) is 18.3. The third kappa shape index (κ3) is 5.40. The highest BCUT2D eigenvalue weighted by Gasteiger charge is 2.22. The fourth-order valence-electron chi connectivity index (χ4n) is 3.78. The topological polar surface area (TPSA) is 86.8 Å². The number of amides is 2. The van der Waals surface area contributed by atoms with Crippen molar-refractivity contribution in [1.29, 1.82) is 0 Å². The molecule has 2 amide bonds.